The number of hydrogen-bond acceptors (Lipinski definition) is 6. The van der Waals surface area contributed by atoms with Gasteiger partial charge in [0, 0.05) is 30.0 Å². The zero-order chi connectivity index (χ0) is 21.5. The maximum atomic E-state index is 14.2. The largest absolute Gasteiger partial charge is 0.494 e. The fourth-order valence-electron chi connectivity index (χ4n) is 4.64. The molecule has 0 bridgehead atoms. The van der Waals surface area contributed by atoms with Crippen LogP contribution < -0.4 is 4.74 Å². The number of halogens is 1. The summed E-state index contributed by atoms with van der Waals surface area (Å²) < 4.78 is 25.2. The van der Waals surface area contributed by atoms with Crippen LogP contribution in [0.5, 0.6) is 5.75 Å². The molecule has 1 aromatic carbocycles. The number of methoxy groups -OCH3 is 1. The van der Waals surface area contributed by atoms with Gasteiger partial charge in [0.25, 0.3) is 5.91 Å². The van der Waals surface area contributed by atoms with E-state index in [1.54, 1.807) is 6.07 Å². The van der Waals surface area contributed by atoms with Crippen molar-refractivity contribution >= 4 is 5.91 Å². The molecular formula is C22H29FN4O3. The second-order valence-electron chi connectivity index (χ2n) is 8.89. The Kier molecular flexibility index (Phi) is 5.53. The molecule has 0 saturated carbocycles. The summed E-state index contributed by atoms with van der Waals surface area (Å²) in [6.45, 7) is 7.06. The predicted molar refractivity (Wildman–Crippen MR) is 109 cm³/mol. The average molecular weight is 416 g/mol. The van der Waals surface area contributed by atoms with Crippen LogP contribution in [0.25, 0.3) is 0 Å². The number of carbonyl (C=O) groups is 1. The summed E-state index contributed by atoms with van der Waals surface area (Å²) in [6, 6.07) is 4.36. The normalized spacial score (nSPS) is 21.5. The molecule has 2 saturated heterocycles. The van der Waals surface area contributed by atoms with Crippen LogP contribution in [0.4, 0.5) is 4.39 Å². The number of amides is 1. The molecule has 4 rings (SSSR count). The van der Waals surface area contributed by atoms with Crippen LogP contribution in [0.3, 0.4) is 0 Å². The third-order valence-corrected chi connectivity index (χ3v) is 6.56. The minimum Gasteiger partial charge on any atom is -0.494 e. The van der Waals surface area contributed by atoms with Crippen molar-refractivity contribution in [2.45, 2.75) is 38.5 Å². The molecule has 7 nitrogen and oxygen atoms in total. The van der Waals surface area contributed by atoms with E-state index >= 15 is 0 Å². The number of benzene rings is 1. The van der Waals surface area contributed by atoms with E-state index in [2.05, 4.69) is 22.1 Å². The Balaban J connectivity index is 1.63. The Morgan fingerprint density at radius 3 is 2.63 bits per heavy atom. The van der Waals surface area contributed by atoms with Gasteiger partial charge in [-0.1, -0.05) is 13.8 Å². The molecule has 1 aromatic heterocycles. The fourth-order valence-corrected chi connectivity index (χ4v) is 4.64. The summed E-state index contributed by atoms with van der Waals surface area (Å²) in [5.41, 5.74) is 0.221. The Morgan fingerprint density at radius 1 is 1.30 bits per heavy atom. The van der Waals surface area contributed by atoms with Crippen molar-refractivity contribution in [1.29, 1.82) is 0 Å². The van der Waals surface area contributed by atoms with Gasteiger partial charge < -0.3 is 19.0 Å². The zero-order valence-corrected chi connectivity index (χ0v) is 18.0. The lowest BCUT2D eigenvalue weighted by Gasteiger charge is -2.40. The Morgan fingerprint density at radius 2 is 2.03 bits per heavy atom. The van der Waals surface area contributed by atoms with Gasteiger partial charge in [-0.25, -0.2) is 4.39 Å². The van der Waals surface area contributed by atoms with E-state index in [1.165, 1.54) is 19.2 Å². The van der Waals surface area contributed by atoms with Crippen molar-refractivity contribution in [2.24, 2.45) is 5.41 Å². The van der Waals surface area contributed by atoms with Crippen molar-refractivity contribution in [3.63, 3.8) is 0 Å². The molecule has 162 valence electrons. The van der Waals surface area contributed by atoms with Crippen molar-refractivity contribution in [2.75, 3.05) is 40.3 Å². The highest BCUT2D eigenvalue weighted by molar-refractivity contribution is 5.94. The quantitative estimate of drug-likeness (QED) is 0.762. The number of carbonyl (C=O) groups excluding carboxylic acids is 1. The van der Waals surface area contributed by atoms with Gasteiger partial charge in [-0.3, -0.25) is 4.79 Å². The van der Waals surface area contributed by atoms with E-state index in [9.17, 15) is 9.18 Å². The number of aromatic nitrogens is 2. The highest BCUT2D eigenvalue weighted by Crippen LogP contribution is 2.49. The second kappa shape index (κ2) is 7.98. The van der Waals surface area contributed by atoms with Crippen LogP contribution in [-0.2, 0) is 0 Å². The van der Waals surface area contributed by atoms with E-state index in [-0.39, 0.29) is 28.9 Å². The maximum absolute atomic E-state index is 14.2. The third kappa shape index (κ3) is 3.69. The summed E-state index contributed by atoms with van der Waals surface area (Å²) in [5, 5.41) is 8.56. The molecule has 2 aromatic rings. The molecule has 1 atom stereocenters. The van der Waals surface area contributed by atoms with E-state index < -0.39 is 5.82 Å². The highest BCUT2D eigenvalue weighted by atomic mass is 19.1. The summed E-state index contributed by atoms with van der Waals surface area (Å²) in [4.78, 5) is 17.3. The Bertz CT molecular complexity index is 921. The van der Waals surface area contributed by atoms with E-state index in [0.29, 0.717) is 30.4 Å². The van der Waals surface area contributed by atoms with Gasteiger partial charge in [-0.15, -0.1) is 10.2 Å². The van der Waals surface area contributed by atoms with Crippen molar-refractivity contribution in [1.82, 2.24) is 20.0 Å². The maximum Gasteiger partial charge on any atom is 0.254 e. The average Bonchev–Trinajstić information content (AvgIpc) is 3.35. The summed E-state index contributed by atoms with van der Waals surface area (Å²) in [7, 11) is 3.52. The van der Waals surface area contributed by atoms with Crippen molar-refractivity contribution in [3.8, 4) is 5.75 Å². The number of piperidine rings is 1. The third-order valence-electron chi connectivity index (χ3n) is 6.56. The molecule has 0 aliphatic carbocycles. The number of ether oxygens (including phenoxy) is 1. The molecule has 30 heavy (non-hydrogen) atoms. The van der Waals surface area contributed by atoms with E-state index in [0.717, 1.165) is 25.9 Å². The van der Waals surface area contributed by atoms with Gasteiger partial charge in [0.05, 0.1) is 13.0 Å². The molecular weight excluding hydrogens is 387 g/mol. The molecule has 2 aliphatic rings. The first kappa shape index (κ1) is 20.8. The monoisotopic (exact) mass is 416 g/mol. The summed E-state index contributed by atoms with van der Waals surface area (Å²) in [5.74, 6) is 0.783. The molecule has 0 radical (unpaired) electrons. The van der Waals surface area contributed by atoms with E-state index in [4.69, 9.17) is 9.15 Å². The van der Waals surface area contributed by atoms with Crippen LogP contribution in [-0.4, -0.2) is 66.2 Å². The fraction of sp³-hybridized carbons (Fsp3) is 0.591. The van der Waals surface area contributed by atoms with Crippen LogP contribution >= 0.6 is 0 Å². The van der Waals surface area contributed by atoms with Crippen LogP contribution in [0, 0.1) is 11.2 Å². The first-order valence-corrected chi connectivity index (χ1v) is 10.5. The van der Waals surface area contributed by atoms with Crippen molar-refractivity contribution < 1.29 is 18.3 Å². The predicted octanol–water partition coefficient (Wildman–Crippen LogP) is 3.29. The molecule has 8 heteroatoms. The minimum atomic E-state index is -0.536. The first-order chi connectivity index (χ1) is 14.3. The SMILES string of the molecule is COc1ccc(C(=O)N2C[C@H](c3nnc(C(C)C)o3)C3(CCN(C)CC3)C2)cc1F. The smallest absolute Gasteiger partial charge is 0.254 e. The summed E-state index contributed by atoms with van der Waals surface area (Å²) in [6.07, 6.45) is 1.91. The van der Waals surface area contributed by atoms with Crippen LogP contribution in [0.1, 0.15) is 60.7 Å². The molecule has 0 unspecified atom stereocenters. The topological polar surface area (TPSA) is 71.7 Å². The van der Waals surface area contributed by atoms with Crippen LogP contribution in [0.15, 0.2) is 22.6 Å². The van der Waals surface area contributed by atoms with Crippen LogP contribution in [0.2, 0.25) is 0 Å². The number of likely N-dealkylation sites (tertiary alicyclic amines) is 2. The zero-order valence-electron chi connectivity index (χ0n) is 18.0. The summed E-state index contributed by atoms with van der Waals surface area (Å²) >= 11 is 0. The molecule has 2 fully saturated rings. The van der Waals surface area contributed by atoms with Gasteiger partial charge in [0.1, 0.15) is 0 Å². The Labute approximate surface area is 176 Å². The second-order valence-corrected chi connectivity index (χ2v) is 8.89. The lowest BCUT2D eigenvalue weighted by atomic mass is 9.71. The minimum absolute atomic E-state index is 0.0155. The molecule has 1 spiro atoms. The van der Waals surface area contributed by atoms with Gasteiger partial charge in [-0.05, 0) is 51.2 Å². The first-order valence-electron chi connectivity index (χ1n) is 10.5. The molecule has 2 aliphatic heterocycles. The van der Waals surface area contributed by atoms with E-state index in [1.807, 2.05) is 18.7 Å². The molecule has 0 N–H and O–H groups in total. The number of rotatable bonds is 4. The lowest BCUT2D eigenvalue weighted by molar-refractivity contribution is 0.0726. The van der Waals surface area contributed by atoms with Gasteiger partial charge >= 0.3 is 0 Å². The van der Waals surface area contributed by atoms with Gasteiger partial charge in [0.15, 0.2) is 11.6 Å². The molecule has 1 amide bonds. The number of nitrogens with zero attached hydrogens (tertiary/aromatic N) is 4. The standard InChI is InChI=1S/C22H29FN4O3/c1-14(2)19-24-25-20(30-19)16-12-27(13-22(16)7-9-26(3)10-8-22)21(28)15-5-6-18(29-4)17(23)11-15/h5-6,11,14,16H,7-10,12-13H2,1-4H3/t16-/m1/s1. The van der Waals surface area contributed by atoms with Crippen molar-refractivity contribution in [3.05, 3.63) is 41.4 Å². The lowest BCUT2D eigenvalue weighted by Crippen LogP contribution is -2.42. The highest BCUT2D eigenvalue weighted by Gasteiger charge is 2.52. The number of hydrogen-bond donors (Lipinski definition) is 0. The molecule has 3 heterocycles. The Hall–Kier alpha value is -2.48. The van der Waals surface area contributed by atoms with Gasteiger partial charge in [0.2, 0.25) is 11.8 Å². The van der Waals surface area contributed by atoms with Gasteiger partial charge in [-0.2, -0.15) is 0 Å².